The molecule has 182 valence electrons. The Kier molecular flexibility index (Phi) is 2.53. The number of fused-ring (bicyclic) bond motifs is 5. The van der Waals surface area contributed by atoms with Gasteiger partial charge in [-0.25, -0.2) is 0 Å². The number of hydrogen-bond donors (Lipinski definition) is 0. The lowest BCUT2D eigenvalue weighted by Crippen LogP contribution is -1.92. The Labute approximate surface area is 249 Å². The number of hydrogen-bond acceptors (Lipinski definition) is 1. The smallest absolute Gasteiger partial charge is 0.143 e. The van der Waals surface area contributed by atoms with Gasteiger partial charge in [0.1, 0.15) is 11.2 Å². The second-order valence-corrected chi connectivity index (χ2v) is 8.85. The summed E-state index contributed by atoms with van der Waals surface area (Å²) in [6.07, 6.45) is 0. The fourth-order valence-electron chi connectivity index (χ4n) is 5.23. The Hall–Kier alpha value is -5.14. The van der Waals surface area contributed by atoms with E-state index in [4.69, 9.17) is 23.6 Å². The molecule has 0 aliphatic rings. The van der Waals surface area contributed by atoms with Crippen LogP contribution in [0, 0.1) is 0 Å². The summed E-state index contributed by atoms with van der Waals surface area (Å²) in [4.78, 5) is 0. The highest BCUT2D eigenvalue weighted by molar-refractivity contribution is 6.24. The number of para-hydroxylation sites is 2. The van der Waals surface area contributed by atoms with E-state index < -0.39 is 102 Å². The Bertz CT molecular complexity index is 2970. The molecule has 0 N–H and O–H groups in total. The van der Waals surface area contributed by atoms with Crippen molar-refractivity contribution in [2.75, 3.05) is 0 Å². The zero-order chi connectivity index (χ0) is 39.7. The van der Waals surface area contributed by atoms with Gasteiger partial charge in [-0.15, -0.1) is 0 Å². The van der Waals surface area contributed by atoms with E-state index >= 15 is 0 Å². The molecule has 0 radical (unpaired) electrons. The summed E-state index contributed by atoms with van der Waals surface area (Å²) in [6, 6.07) is 3.98. The highest BCUT2D eigenvalue weighted by Crippen LogP contribution is 2.47. The molecule has 1 nitrogen and oxygen atoms in total. The van der Waals surface area contributed by atoms with Crippen molar-refractivity contribution in [3.63, 3.8) is 0 Å². The zero-order valence-electron chi connectivity index (χ0n) is 36.0. The van der Waals surface area contributed by atoms with Crippen LogP contribution in [0.3, 0.4) is 0 Å². The molecule has 8 aromatic rings. The second kappa shape index (κ2) is 8.72. The molecule has 0 saturated heterocycles. The minimum absolute atomic E-state index is 0.00354. The zero-order valence-corrected chi connectivity index (χ0v) is 20.0. The molecular formula is C38H24O. The van der Waals surface area contributed by atoms with E-state index in [9.17, 15) is 2.74 Å². The lowest BCUT2D eigenvalue weighted by Gasteiger charge is -2.19. The van der Waals surface area contributed by atoms with Crippen LogP contribution < -0.4 is 0 Å². The maximum absolute atomic E-state index is 9.25. The van der Waals surface area contributed by atoms with E-state index in [2.05, 4.69) is 0 Å². The van der Waals surface area contributed by atoms with Crippen molar-refractivity contribution in [3.8, 4) is 33.4 Å². The Balaban J connectivity index is 1.62. The molecule has 0 amide bonds. The van der Waals surface area contributed by atoms with Crippen molar-refractivity contribution in [1.29, 1.82) is 0 Å². The van der Waals surface area contributed by atoms with Gasteiger partial charge in [-0.05, 0) is 49.8 Å². The summed E-state index contributed by atoms with van der Waals surface area (Å²) in [7, 11) is 0. The molecule has 0 aliphatic heterocycles. The Morgan fingerprint density at radius 1 is 0.410 bits per heavy atom. The minimum Gasteiger partial charge on any atom is -0.455 e. The van der Waals surface area contributed by atoms with Crippen LogP contribution >= 0.6 is 0 Å². The van der Waals surface area contributed by atoms with Gasteiger partial charge in [0, 0.05) is 21.9 Å². The average molecular weight is 513 g/mol. The highest BCUT2D eigenvalue weighted by atomic mass is 16.3. The van der Waals surface area contributed by atoms with Gasteiger partial charge >= 0.3 is 0 Å². The van der Waals surface area contributed by atoms with Crippen molar-refractivity contribution in [1.82, 2.24) is 0 Å². The van der Waals surface area contributed by atoms with E-state index in [0.29, 0.717) is 27.1 Å². The molecule has 39 heavy (non-hydrogen) atoms. The van der Waals surface area contributed by atoms with Crippen LogP contribution in [0.1, 0.15) is 21.9 Å². The number of rotatable bonds is 3. The lowest BCUT2D eigenvalue weighted by atomic mass is 9.83. The van der Waals surface area contributed by atoms with Gasteiger partial charge in [0.05, 0.1) is 21.9 Å². The monoisotopic (exact) mass is 512 g/mol. The molecule has 0 fully saturated rings. The number of benzene rings is 7. The van der Waals surface area contributed by atoms with Crippen molar-refractivity contribution < 1.29 is 26.3 Å². The maximum Gasteiger partial charge on any atom is 0.143 e. The van der Waals surface area contributed by atoms with Gasteiger partial charge < -0.3 is 4.42 Å². The summed E-state index contributed by atoms with van der Waals surface area (Å²) < 4.78 is 145. The van der Waals surface area contributed by atoms with Crippen molar-refractivity contribution in [2.45, 2.75) is 0 Å². The van der Waals surface area contributed by atoms with Gasteiger partial charge in [-0.2, -0.15) is 0 Å². The fourth-order valence-corrected chi connectivity index (χ4v) is 5.23. The van der Waals surface area contributed by atoms with Gasteiger partial charge in [0.15, 0.2) is 0 Å². The Morgan fingerprint density at radius 2 is 0.923 bits per heavy atom. The first kappa shape index (κ1) is 11.3. The minimum atomic E-state index is -0.692. The predicted octanol–water partition coefficient (Wildman–Crippen LogP) is 10.9. The quantitative estimate of drug-likeness (QED) is 0.215. The van der Waals surface area contributed by atoms with E-state index in [1.807, 2.05) is 0 Å². The molecule has 0 atom stereocenters. The molecule has 0 saturated carbocycles. The van der Waals surface area contributed by atoms with E-state index in [0.717, 1.165) is 0 Å². The van der Waals surface area contributed by atoms with Crippen molar-refractivity contribution >= 4 is 43.5 Å². The van der Waals surface area contributed by atoms with E-state index in [1.165, 1.54) is 0 Å². The molecule has 1 heteroatoms. The van der Waals surface area contributed by atoms with Crippen LogP contribution in [0.2, 0.25) is 0 Å². The van der Waals surface area contributed by atoms with Crippen LogP contribution in [0.4, 0.5) is 0 Å². The number of furan rings is 1. The second-order valence-electron chi connectivity index (χ2n) is 8.85. The third kappa shape index (κ3) is 3.34. The average Bonchev–Trinajstić information content (AvgIpc) is 3.59. The molecule has 0 unspecified atom stereocenters. The normalized spacial score (nSPS) is 17.3. The first-order valence-corrected chi connectivity index (χ1v) is 12.1. The van der Waals surface area contributed by atoms with Gasteiger partial charge in [-0.3, -0.25) is 0 Å². The molecule has 0 bridgehead atoms. The van der Waals surface area contributed by atoms with E-state index in [-0.39, 0.29) is 44.2 Å². The third-order valence-corrected chi connectivity index (χ3v) is 6.81. The topological polar surface area (TPSA) is 13.1 Å². The first-order chi connectivity index (χ1) is 26.0. The third-order valence-electron chi connectivity index (χ3n) is 6.81. The summed E-state index contributed by atoms with van der Waals surface area (Å²) in [5.41, 5.74) is -0.739. The van der Waals surface area contributed by atoms with Crippen LogP contribution in [0.5, 0.6) is 0 Å². The van der Waals surface area contributed by atoms with Gasteiger partial charge in [-0.1, -0.05) is 139 Å². The molecular weight excluding hydrogens is 472 g/mol. The van der Waals surface area contributed by atoms with Crippen molar-refractivity contribution in [2.24, 2.45) is 0 Å². The lowest BCUT2D eigenvalue weighted by molar-refractivity contribution is 0.670. The SMILES string of the molecule is [2H]c1c([2H])c([2H])c(-c2c([2H])c([2H])c([2H])c([2H])c2-c2c3ccccc3c(-c3c([2H])c([2H])c([2H])c4c3oc3c([2H])c([2H])c([2H])c([2H])c34)c3ccccc23)c([2H])c1[2H]. The molecule has 0 aliphatic carbocycles. The molecule has 1 aromatic heterocycles. The highest BCUT2D eigenvalue weighted by Gasteiger charge is 2.21. The summed E-state index contributed by atoms with van der Waals surface area (Å²) in [6.45, 7) is 0. The van der Waals surface area contributed by atoms with Crippen LogP contribution in [-0.2, 0) is 0 Å². The summed E-state index contributed by atoms with van der Waals surface area (Å²) in [5, 5.41) is 1.25. The summed E-state index contributed by atoms with van der Waals surface area (Å²) >= 11 is 0. The van der Waals surface area contributed by atoms with Gasteiger partial charge in [0.25, 0.3) is 0 Å². The molecule has 0 spiro atoms. The largest absolute Gasteiger partial charge is 0.455 e. The van der Waals surface area contributed by atoms with Crippen LogP contribution in [0.15, 0.2) is 150 Å². The molecule has 7 aromatic carbocycles. The first-order valence-electron chi connectivity index (χ1n) is 20.1. The standard InChI is InChI=1S/C38H24O/c1-2-13-25(14-3-1)26-15-4-5-17-28(26)36-29-18-6-8-20-31(29)37(32-21-9-7-19-30(32)36)34-23-12-22-33-27-16-10-11-24-35(27)39-38(33)34/h1-24H/i1D,2D,3D,4D,5D,10D,11D,12D,13D,14D,15D,16D,17D,22D,23D,24D. The molecule has 8 rings (SSSR count). The fraction of sp³-hybridized carbons (Fsp3) is 0. The maximum atomic E-state index is 9.25. The van der Waals surface area contributed by atoms with Crippen LogP contribution in [-0.4, -0.2) is 0 Å². The molecule has 1 heterocycles. The van der Waals surface area contributed by atoms with Gasteiger partial charge in [0.2, 0.25) is 0 Å². The van der Waals surface area contributed by atoms with Crippen molar-refractivity contribution in [3.05, 3.63) is 145 Å². The summed E-state index contributed by atoms with van der Waals surface area (Å²) in [5.74, 6) is 0. The Morgan fingerprint density at radius 3 is 1.62 bits per heavy atom. The predicted molar refractivity (Wildman–Crippen MR) is 165 cm³/mol. The van der Waals surface area contributed by atoms with Crippen LogP contribution in [0.25, 0.3) is 76.9 Å². The van der Waals surface area contributed by atoms with E-state index in [1.54, 1.807) is 48.5 Å².